The molecule has 1 amide bonds. The van der Waals surface area contributed by atoms with Crippen LogP contribution in [0.1, 0.15) is 29.2 Å². The van der Waals surface area contributed by atoms with Gasteiger partial charge in [-0.3, -0.25) is 9.52 Å². The highest BCUT2D eigenvalue weighted by Crippen LogP contribution is 2.40. The summed E-state index contributed by atoms with van der Waals surface area (Å²) in [5.74, 6) is -0.138. The summed E-state index contributed by atoms with van der Waals surface area (Å²) in [6.07, 6.45) is 4.54. The molecule has 1 aliphatic heterocycles. The third kappa shape index (κ3) is 3.41. The Balaban J connectivity index is 1.38. The van der Waals surface area contributed by atoms with E-state index in [4.69, 9.17) is 4.74 Å². The van der Waals surface area contributed by atoms with Crippen molar-refractivity contribution >= 4 is 21.8 Å². The van der Waals surface area contributed by atoms with E-state index in [9.17, 15) is 13.4 Å². The predicted molar refractivity (Wildman–Crippen MR) is 112 cm³/mol. The number of carbonyl (C=O) groups excluding carboxylic acids is 1. The van der Waals surface area contributed by atoms with Crippen molar-refractivity contribution in [1.29, 1.82) is 0 Å². The zero-order chi connectivity index (χ0) is 20.7. The van der Waals surface area contributed by atoms with E-state index in [2.05, 4.69) is 15.8 Å². The van der Waals surface area contributed by atoms with Gasteiger partial charge >= 0.3 is 0 Å². The number of hydrogen-bond donors (Lipinski definition) is 1. The number of nitrogens with one attached hydrogen (secondary N) is 1. The minimum atomic E-state index is -1.51. The van der Waals surface area contributed by atoms with E-state index in [0.29, 0.717) is 10.7 Å². The lowest BCUT2D eigenvalue weighted by atomic mass is 9.98. The van der Waals surface area contributed by atoms with Crippen molar-refractivity contribution in [2.75, 3.05) is 0 Å². The first kappa shape index (κ1) is 18.7. The lowest BCUT2D eigenvalue weighted by Gasteiger charge is -2.16. The maximum atomic E-state index is 13.2. The van der Waals surface area contributed by atoms with Crippen molar-refractivity contribution in [2.45, 2.75) is 18.9 Å². The van der Waals surface area contributed by atoms with Gasteiger partial charge in [0.25, 0.3) is 5.91 Å². The molecule has 0 saturated heterocycles. The number of nitrogens with zero attached hydrogens (tertiary/aromatic N) is 1. The zero-order valence-corrected chi connectivity index (χ0v) is 16.6. The summed E-state index contributed by atoms with van der Waals surface area (Å²) < 4.78 is 33.7. The fourth-order valence-electron chi connectivity index (χ4n) is 3.95. The second kappa shape index (κ2) is 7.50. The maximum absolute atomic E-state index is 13.2. The third-order valence-corrected chi connectivity index (χ3v) is 6.47. The first-order chi connectivity index (χ1) is 14.6. The summed E-state index contributed by atoms with van der Waals surface area (Å²) in [4.78, 5) is 15.6. The molecular formula is C23H17FN2O3S. The van der Waals surface area contributed by atoms with Gasteiger partial charge in [-0.25, -0.2) is 9.19 Å². The Bertz CT molecular complexity index is 1190. The molecule has 0 bridgehead atoms. The number of fused-ring (bicyclic) bond motifs is 1. The van der Waals surface area contributed by atoms with Gasteiger partial charge in [0, 0.05) is 17.8 Å². The standard InChI is InChI=1S/C23H17FN2O3S/c24-22-11-6-15(13-25-22)17-2-1-3-19-18(17)9-10-20(19)29-16-7-4-14(5-8-16)21-12-23(27)26-30(21)28/h1-8,11-13,20H,9-10H2,(H,26,27)/t20-,30?/m1/s1. The molecular weight excluding hydrogens is 403 g/mol. The summed E-state index contributed by atoms with van der Waals surface area (Å²) in [6, 6.07) is 16.4. The minimum Gasteiger partial charge on any atom is -0.486 e. The quantitative estimate of drug-likeness (QED) is 0.646. The van der Waals surface area contributed by atoms with Gasteiger partial charge in [0.05, 0.1) is 4.91 Å². The molecule has 2 aromatic carbocycles. The van der Waals surface area contributed by atoms with E-state index in [1.807, 2.05) is 24.3 Å². The van der Waals surface area contributed by atoms with Crippen LogP contribution in [-0.4, -0.2) is 15.1 Å². The smallest absolute Gasteiger partial charge is 0.257 e. The molecule has 0 radical (unpaired) electrons. The highest BCUT2D eigenvalue weighted by Gasteiger charge is 2.27. The highest BCUT2D eigenvalue weighted by molar-refractivity contribution is 7.93. The average Bonchev–Trinajstić information content (AvgIpc) is 3.31. The van der Waals surface area contributed by atoms with Crippen LogP contribution in [-0.2, 0) is 22.2 Å². The molecule has 2 heterocycles. The van der Waals surface area contributed by atoms with Crippen molar-refractivity contribution in [3.8, 4) is 16.9 Å². The molecule has 2 aliphatic rings. The van der Waals surface area contributed by atoms with Gasteiger partial charge in [-0.15, -0.1) is 0 Å². The van der Waals surface area contributed by atoms with Crippen molar-refractivity contribution in [3.05, 3.63) is 89.5 Å². The van der Waals surface area contributed by atoms with Crippen molar-refractivity contribution in [3.63, 3.8) is 0 Å². The summed E-state index contributed by atoms with van der Waals surface area (Å²) in [6.45, 7) is 0. The fourth-order valence-corrected chi connectivity index (χ4v) is 4.86. The minimum absolute atomic E-state index is 0.0812. The number of halogens is 1. The number of carbonyl (C=O) groups is 1. The zero-order valence-electron chi connectivity index (χ0n) is 15.8. The topological polar surface area (TPSA) is 68.3 Å². The van der Waals surface area contributed by atoms with Gasteiger partial charge in [-0.05, 0) is 59.4 Å². The molecule has 0 spiro atoms. The molecule has 2 atom stereocenters. The van der Waals surface area contributed by atoms with E-state index in [-0.39, 0.29) is 12.0 Å². The van der Waals surface area contributed by atoms with Crippen LogP contribution < -0.4 is 9.46 Å². The Hall–Kier alpha value is -3.32. The van der Waals surface area contributed by atoms with Gasteiger partial charge in [0.1, 0.15) is 11.9 Å². The van der Waals surface area contributed by atoms with Crippen molar-refractivity contribution < 1.29 is 18.1 Å². The summed E-state index contributed by atoms with van der Waals surface area (Å²) in [7, 11) is -1.51. The van der Waals surface area contributed by atoms with E-state index >= 15 is 0 Å². The van der Waals surface area contributed by atoms with Crippen LogP contribution in [0.3, 0.4) is 0 Å². The maximum Gasteiger partial charge on any atom is 0.257 e. The van der Waals surface area contributed by atoms with Gasteiger partial charge in [-0.1, -0.05) is 30.3 Å². The number of benzene rings is 2. The van der Waals surface area contributed by atoms with E-state index in [1.165, 1.54) is 17.7 Å². The molecule has 1 aromatic heterocycles. The monoisotopic (exact) mass is 420 g/mol. The molecule has 0 fully saturated rings. The van der Waals surface area contributed by atoms with Crippen LogP contribution in [0.2, 0.25) is 0 Å². The Labute approximate surface area is 175 Å². The summed E-state index contributed by atoms with van der Waals surface area (Å²) >= 11 is 0. The lowest BCUT2D eigenvalue weighted by Crippen LogP contribution is -2.16. The number of amides is 1. The highest BCUT2D eigenvalue weighted by atomic mass is 32.2. The molecule has 5 nitrogen and oxygen atoms in total. The Kier molecular flexibility index (Phi) is 4.67. The van der Waals surface area contributed by atoms with Crippen LogP contribution in [0, 0.1) is 5.95 Å². The Morgan fingerprint density at radius 3 is 2.57 bits per heavy atom. The number of pyridine rings is 1. The summed E-state index contributed by atoms with van der Waals surface area (Å²) in [5.41, 5.74) is 4.98. The largest absolute Gasteiger partial charge is 0.486 e. The first-order valence-electron chi connectivity index (χ1n) is 9.53. The molecule has 1 aliphatic carbocycles. The molecule has 5 rings (SSSR count). The van der Waals surface area contributed by atoms with Crippen LogP contribution in [0.25, 0.3) is 16.0 Å². The van der Waals surface area contributed by atoms with Crippen LogP contribution in [0.15, 0.2) is 66.9 Å². The normalized spacial score (nSPS) is 19.9. The van der Waals surface area contributed by atoms with Crippen LogP contribution >= 0.6 is 0 Å². The number of rotatable bonds is 4. The van der Waals surface area contributed by atoms with Crippen LogP contribution in [0.4, 0.5) is 4.39 Å². The molecule has 1 N–H and O–H groups in total. The van der Waals surface area contributed by atoms with E-state index in [1.54, 1.807) is 24.4 Å². The first-order valence-corrected chi connectivity index (χ1v) is 10.7. The summed E-state index contributed by atoms with van der Waals surface area (Å²) in [5, 5.41) is 0. The molecule has 7 heteroatoms. The predicted octanol–water partition coefficient (Wildman–Crippen LogP) is 4.09. The second-order valence-electron chi connectivity index (χ2n) is 7.16. The van der Waals surface area contributed by atoms with E-state index in [0.717, 1.165) is 35.1 Å². The number of ether oxygens (including phenoxy) is 1. The van der Waals surface area contributed by atoms with Crippen LogP contribution in [0.5, 0.6) is 5.75 Å². The van der Waals surface area contributed by atoms with Gasteiger partial charge in [0.2, 0.25) is 5.95 Å². The van der Waals surface area contributed by atoms with Crippen molar-refractivity contribution in [2.24, 2.45) is 0 Å². The Morgan fingerprint density at radius 1 is 1.07 bits per heavy atom. The molecule has 0 saturated carbocycles. The molecule has 3 aromatic rings. The second-order valence-corrected chi connectivity index (χ2v) is 8.34. The number of aromatic nitrogens is 1. The molecule has 150 valence electrons. The van der Waals surface area contributed by atoms with Crippen molar-refractivity contribution in [1.82, 2.24) is 9.71 Å². The molecule has 1 unspecified atom stereocenters. The lowest BCUT2D eigenvalue weighted by molar-refractivity contribution is -0.114. The molecule has 30 heavy (non-hydrogen) atoms. The van der Waals surface area contributed by atoms with E-state index < -0.39 is 16.9 Å². The fraction of sp³-hybridized carbons (Fsp3) is 0.130. The SMILES string of the molecule is O=C1C=C(c2ccc(O[C@@H]3CCc4c(-c5ccc(F)nc5)cccc43)cc2)S(=O)N1. The third-order valence-electron chi connectivity index (χ3n) is 5.33. The Morgan fingerprint density at radius 2 is 1.87 bits per heavy atom. The van der Waals surface area contributed by atoms with Gasteiger partial charge in [0.15, 0.2) is 11.0 Å². The van der Waals surface area contributed by atoms with Gasteiger partial charge < -0.3 is 4.74 Å². The number of hydrogen-bond acceptors (Lipinski definition) is 4. The van der Waals surface area contributed by atoms with Gasteiger partial charge in [-0.2, -0.15) is 4.39 Å². The average molecular weight is 420 g/mol.